The van der Waals surface area contributed by atoms with Crippen molar-refractivity contribution >= 4 is 41.3 Å². The van der Waals surface area contributed by atoms with E-state index >= 15 is 0 Å². The molecule has 220 valence electrons. The van der Waals surface area contributed by atoms with Crippen molar-refractivity contribution in [1.29, 1.82) is 0 Å². The standard InChI is InChI=1S/C24H30N2O14/c1-11(27)36-17-18(37-12(2)28)20(38-13(3)29)24(33,39-19(17)21(30)31)15-9-8-14(26(34)35)10-16(15)25(7)22(32)40-23(4,5)6/h8-10,17-20,33H,1-7H3,(H,30,31)/t17-,18-,19-,20+,24+/m0/s1. The molecule has 0 saturated carbocycles. The number of carboxylic acid groups (broad SMARTS) is 1. The number of carboxylic acids is 1. The highest BCUT2D eigenvalue weighted by molar-refractivity contribution is 5.89. The Morgan fingerprint density at radius 3 is 1.98 bits per heavy atom. The van der Waals surface area contributed by atoms with E-state index in [9.17, 15) is 44.3 Å². The van der Waals surface area contributed by atoms with E-state index in [0.29, 0.717) is 0 Å². The molecular formula is C24H30N2O14. The summed E-state index contributed by atoms with van der Waals surface area (Å²) >= 11 is 0. The quantitative estimate of drug-likeness (QED) is 0.205. The molecule has 2 rings (SSSR count). The summed E-state index contributed by atoms with van der Waals surface area (Å²) in [5, 5.41) is 33.4. The van der Waals surface area contributed by atoms with Gasteiger partial charge in [-0.25, -0.2) is 9.59 Å². The molecule has 1 aromatic carbocycles. The fourth-order valence-corrected chi connectivity index (χ4v) is 3.91. The number of amides is 1. The number of nitro benzene ring substituents is 1. The van der Waals surface area contributed by atoms with Crippen LogP contribution in [0.4, 0.5) is 16.2 Å². The molecule has 40 heavy (non-hydrogen) atoms. The highest BCUT2D eigenvalue weighted by Crippen LogP contribution is 2.45. The first-order valence-corrected chi connectivity index (χ1v) is 11.7. The highest BCUT2D eigenvalue weighted by Gasteiger charge is 2.63. The van der Waals surface area contributed by atoms with Gasteiger partial charge in [0.05, 0.1) is 10.6 Å². The maximum absolute atomic E-state index is 12.9. The van der Waals surface area contributed by atoms with E-state index in [1.54, 1.807) is 20.8 Å². The second kappa shape index (κ2) is 11.8. The summed E-state index contributed by atoms with van der Waals surface area (Å²) < 4.78 is 26.2. The van der Waals surface area contributed by atoms with Crippen LogP contribution < -0.4 is 4.90 Å². The summed E-state index contributed by atoms with van der Waals surface area (Å²) in [6.45, 7) is 7.43. The molecule has 2 N–H and O–H groups in total. The lowest BCUT2D eigenvalue weighted by molar-refractivity contribution is -0.385. The van der Waals surface area contributed by atoms with Crippen LogP contribution in [0.2, 0.25) is 0 Å². The molecule has 0 unspecified atom stereocenters. The number of hydrogen-bond acceptors (Lipinski definition) is 13. The lowest BCUT2D eigenvalue weighted by atomic mass is 9.86. The van der Waals surface area contributed by atoms with Crippen molar-refractivity contribution in [1.82, 2.24) is 0 Å². The first-order chi connectivity index (χ1) is 18.3. The molecule has 16 nitrogen and oxygen atoms in total. The molecule has 0 aromatic heterocycles. The lowest BCUT2D eigenvalue weighted by Gasteiger charge is -2.48. The number of carbonyl (C=O) groups excluding carboxylic acids is 4. The Balaban J connectivity index is 2.89. The normalized spacial score (nSPS) is 24.3. The summed E-state index contributed by atoms with van der Waals surface area (Å²) in [6.07, 6.45) is -9.25. The molecule has 5 atom stereocenters. The summed E-state index contributed by atoms with van der Waals surface area (Å²) in [5.74, 6) is -7.96. The monoisotopic (exact) mass is 570 g/mol. The van der Waals surface area contributed by atoms with Gasteiger partial charge in [0.25, 0.3) is 5.69 Å². The molecule has 0 aliphatic carbocycles. The first-order valence-electron chi connectivity index (χ1n) is 11.7. The van der Waals surface area contributed by atoms with Crippen LogP contribution in [0.5, 0.6) is 0 Å². The molecule has 1 heterocycles. The third kappa shape index (κ3) is 7.20. The lowest BCUT2D eigenvalue weighted by Crippen LogP contribution is -2.67. The number of benzene rings is 1. The van der Waals surface area contributed by atoms with Gasteiger partial charge in [-0.3, -0.25) is 29.4 Å². The molecule has 16 heteroatoms. The number of nitro groups is 1. The molecular weight excluding hydrogens is 540 g/mol. The van der Waals surface area contributed by atoms with Crippen LogP contribution in [0.15, 0.2) is 18.2 Å². The molecule has 1 aliphatic rings. The molecule has 0 radical (unpaired) electrons. The topological polar surface area (TPSA) is 218 Å². The number of non-ortho nitro benzene ring substituents is 1. The van der Waals surface area contributed by atoms with Gasteiger partial charge < -0.3 is 33.9 Å². The molecule has 1 amide bonds. The van der Waals surface area contributed by atoms with Gasteiger partial charge in [-0.05, 0) is 26.8 Å². The summed E-state index contributed by atoms with van der Waals surface area (Å²) in [4.78, 5) is 72.5. The predicted molar refractivity (Wildman–Crippen MR) is 131 cm³/mol. The summed E-state index contributed by atoms with van der Waals surface area (Å²) in [7, 11) is 1.14. The smallest absolute Gasteiger partial charge is 0.414 e. The number of anilines is 1. The Kier molecular flexibility index (Phi) is 9.44. The van der Waals surface area contributed by atoms with Crippen molar-refractivity contribution in [3.05, 3.63) is 33.9 Å². The van der Waals surface area contributed by atoms with Crippen molar-refractivity contribution in [3.8, 4) is 0 Å². The highest BCUT2D eigenvalue weighted by atomic mass is 16.7. The first kappa shape index (κ1) is 31.9. The van der Waals surface area contributed by atoms with Crippen LogP contribution in [0.1, 0.15) is 47.1 Å². The Hall–Kier alpha value is -4.31. The summed E-state index contributed by atoms with van der Waals surface area (Å²) in [5.41, 5.74) is -2.50. The fourth-order valence-electron chi connectivity index (χ4n) is 3.91. The number of rotatable bonds is 7. The second-order valence-electron chi connectivity index (χ2n) is 9.75. The van der Waals surface area contributed by atoms with Crippen molar-refractivity contribution in [3.63, 3.8) is 0 Å². The van der Waals surface area contributed by atoms with Gasteiger partial charge in [-0.15, -0.1) is 0 Å². The van der Waals surface area contributed by atoms with Gasteiger partial charge in [0.15, 0.2) is 18.3 Å². The van der Waals surface area contributed by atoms with E-state index in [2.05, 4.69) is 0 Å². The van der Waals surface area contributed by atoms with Gasteiger partial charge >= 0.3 is 30.0 Å². The van der Waals surface area contributed by atoms with Crippen LogP contribution in [0.3, 0.4) is 0 Å². The third-order valence-electron chi connectivity index (χ3n) is 5.36. The van der Waals surface area contributed by atoms with Crippen molar-refractivity contribution in [2.24, 2.45) is 0 Å². The number of esters is 3. The average molecular weight is 571 g/mol. The molecule has 1 aromatic rings. The zero-order chi connectivity index (χ0) is 30.7. The number of hydrogen-bond donors (Lipinski definition) is 2. The van der Waals surface area contributed by atoms with Crippen LogP contribution in [0.25, 0.3) is 0 Å². The summed E-state index contributed by atoms with van der Waals surface area (Å²) in [6, 6.07) is 2.70. The van der Waals surface area contributed by atoms with E-state index in [1.807, 2.05) is 0 Å². The molecule has 1 fully saturated rings. The molecule has 0 spiro atoms. The number of aliphatic carboxylic acids is 1. The molecule has 1 saturated heterocycles. The zero-order valence-corrected chi connectivity index (χ0v) is 22.7. The number of nitrogens with zero attached hydrogens (tertiary/aromatic N) is 2. The Bertz CT molecular complexity index is 1210. The Labute approximate surface area is 227 Å². The van der Waals surface area contributed by atoms with Crippen molar-refractivity contribution in [2.45, 2.75) is 77.3 Å². The van der Waals surface area contributed by atoms with Gasteiger partial charge in [-0.1, -0.05) is 0 Å². The van der Waals surface area contributed by atoms with Crippen molar-refractivity contribution < 1.29 is 62.8 Å². The minimum absolute atomic E-state index is 0.417. The molecule has 1 aliphatic heterocycles. The third-order valence-corrected chi connectivity index (χ3v) is 5.36. The maximum atomic E-state index is 12.9. The van der Waals surface area contributed by atoms with Crippen molar-refractivity contribution in [2.75, 3.05) is 11.9 Å². The molecule has 0 bridgehead atoms. The number of aliphatic hydroxyl groups is 1. The predicted octanol–water partition coefficient (Wildman–Crippen LogP) is 1.39. The van der Waals surface area contributed by atoms with Crippen LogP contribution >= 0.6 is 0 Å². The van der Waals surface area contributed by atoms with Gasteiger partial charge in [0, 0.05) is 45.5 Å². The fraction of sp³-hybridized carbons (Fsp3) is 0.542. The average Bonchev–Trinajstić information content (AvgIpc) is 2.80. The van der Waals surface area contributed by atoms with Gasteiger partial charge in [0.2, 0.25) is 11.9 Å². The Morgan fingerprint density at radius 2 is 1.52 bits per heavy atom. The van der Waals surface area contributed by atoms with Gasteiger partial charge in [0.1, 0.15) is 5.60 Å². The van der Waals surface area contributed by atoms with Crippen LogP contribution in [-0.4, -0.2) is 82.2 Å². The van der Waals surface area contributed by atoms with E-state index in [4.69, 9.17) is 23.7 Å². The number of carbonyl (C=O) groups is 5. The van der Waals surface area contributed by atoms with E-state index < -0.39 is 87.6 Å². The largest absolute Gasteiger partial charge is 0.479 e. The minimum Gasteiger partial charge on any atom is -0.479 e. The SMILES string of the molecule is CC(=O)O[C@H]1[C@H](OC(C)=O)[C@@H](OC(C)=O)[C@@](O)(c2ccc([N+](=O)[O-])cc2N(C)C(=O)OC(C)(C)C)O[C@@H]1C(=O)O. The minimum atomic E-state index is -3.05. The zero-order valence-electron chi connectivity index (χ0n) is 22.7. The van der Waals surface area contributed by atoms with E-state index in [-0.39, 0.29) is 0 Å². The van der Waals surface area contributed by atoms with Crippen LogP contribution in [-0.2, 0) is 48.6 Å². The van der Waals surface area contributed by atoms with E-state index in [0.717, 1.165) is 50.9 Å². The number of ether oxygens (including phenoxy) is 5. The maximum Gasteiger partial charge on any atom is 0.414 e. The second-order valence-corrected chi connectivity index (χ2v) is 9.75. The Morgan fingerprint density at radius 1 is 1.00 bits per heavy atom. The van der Waals surface area contributed by atoms with Gasteiger partial charge in [-0.2, -0.15) is 0 Å². The van der Waals surface area contributed by atoms with Crippen LogP contribution in [0, 0.1) is 10.1 Å². The van der Waals surface area contributed by atoms with E-state index in [1.165, 1.54) is 0 Å².